The van der Waals surface area contributed by atoms with Gasteiger partial charge in [-0.05, 0) is 37.1 Å². The van der Waals surface area contributed by atoms with Crippen molar-refractivity contribution < 1.29 is 4.39 Å². The van der Waals surface area contributed by atoms with Crippen LogP contribution in [-0.4, -0.2) is 7.05 Å². The maximum Gasteiger partial charge on any atom is 0.141 e. The third-order valence-electron chi connectivity index (χ3n) is 2.93. The SMILES string of the molecule is CCCC(C)C(NC)c1ccc(F)c(Cl)c1. The number of hydrogen-bond donors (Lipinski definition) is 1. The van der Waals surface area contributed by atoms with E-state index in [4.69, 9.17) is 11.6 Å². The molecule has 1 N–H and O–H groups in total. The number of halogens is 2. The van der Waals surface area contributed by atoms with Crippen molar-refractivity contribution in [3.05, 3.63) is 34.6 Å². The van der Waals surface area contributed by atoms with E-state index in [1.165, 1.54) is 6.07 Å². The molecule has 1 aromatic rings. The molecule has 0 fully saturated rings. The van der Waals surface area contributed by atoms with Gasteiger partial charge in [0, 0.05) is 6.04 Å². The minimum absolute atomic E-state index is 0.196. The van der Waals surface area contributed by atoms with Crippen LogP contribution in [0.5, 0.6) is 0 Å². The highest BCUT2D eigenvalue weighted by atomic mass is 35.5. The standard InChI is InChI=1S/C13H19ClFN/c1-4-5-9(2)13(16-3)10-6-7-12(15)11(14)8-10/h6-9,13,16H,4-5H2,1-3H3. The van der Waals surface area contributed by atoms with Gasteiger partial charge < -0.3 is 5.32 Å². The Labute approximate surface area is 102 Å². The van der Waals surface area contributed by atoms with Gasteiger partial charge in [0.2, 0.25) is 0 Å². The van der Waals surface area contributed by atoms with E-state index in [1.54, 1.807) is 12.1 Å². The lowest BCUT2D eigenvalue weighted by molar-refractivity contribution is 0.383. The van der Waals surface area contributed by atoms with Crippen molar-refractivity contribution in [3.63, 3.8) is 0 Å². The summed E-state index contributed by atoms with van der Waals surface area (Å²) in [5.41, 5.74) is 1.05. The Balaban J connectivity index is 2.90. The summed E-state index contributed by atoms with van der Waals surface area (Å²) >= 11 is 5.79. The molecule has 2 atom stereocenters. The van der Waals surface area contributed by atoms with E-state index in [0.29, 0.717) is 5.92 Å². The van der Waals surface area contributed by atoms with Crippen molar-refractivity contribution in [2.75, 3.05) is 7.05 Å². The fourth-order valence-corrected chi connectivity index (χ4v) is 2.30. The van der Waals surface area contributed by atoms with Crippen LogP contribution in [0.2, 0.25) is 5.02 Å². The first kappa shape index (κ1) is 13.5. The van der Waals surface area contributed by atoms with Gasteiger partial charge in [0.15, 0.2) is 0 Å². The summed E-state index contributed by atoms with van der Waals surface area (Å²) in [5.74, 6) is 0.153. The predicted molar refractivity (Wildman–Crippen MR) is 67.3 cm³/mol. The first-order chi connectivity index (χ1) is 7.60. The Kier molecular flexibility index (Phi) is 5.23. The minimum Gasteiger partial charge on any atom is -0.313 e. The van der Waals surface area contributed by atoms with Gasteiger partial charge in [-0.25, -0.2) is 4.39 Å². The second kappa shape index (κ2) is 6.21. The topological polar surface area (TPSA) is 12.0 Å². The number of rotatable bonds is 5. The highest BCUT2D eigenvalue weighted by molar-refractivity contribution is 6.30. The summed E-state index contributed by atoms with van der Waals surface area (Å²) in [6.45, 7) is 4.36. The summed E-state index contributed by atoms with van der Waals surface area (Å²) in [7, 11) is 1.92. The first-order valence-electron chi connectivity index (χ1n) is 5.72. The van der Waals surface area contributed by atoms with Crippen LogP contribution in [0.25, 0.3) is 0 Å². The van der Waals surface area contributed by atoms with Crippen molar-refractivity contribution in [1.82, 2.24) is 5.32 Å². The second-order valence-electron chi connectivity index (χ2n) is 4.21. The molecule has 0 bridgehead atoms. The number of hydrogen-bond acceptors (Lipinski definition) is 1. The quantitative estimate of drug-likeness (QED) is 0.818. The molecular weight excluding hydrogens is 225 g/mol. The largest absolute Gasteiger partial charge is 0.313 e. The van der Waals surface area contributed by atoms with Crippen LogP contribution in [0, 0.1) is 11.7 Å². The van der Waals surface area contributed by atoms with Crippen LogP contribution in [0.1, 0.15) is 38.3 Å². The molecule has 1 aromatic carbocycles. The Hall–Kier alpha value is -0.600. The lowest BCUT2D eigenvalue weighted by Gasteiger charge is -2.24. The molecule has 0 spiro atoms. The second-order valence-corrected chi connectivity index (χ2v) is 4.61. The summed E-state index contributed by atoms with van der Waals surface area (Å²) in [6, 6.07) is 5.18. The lowest BCUT2D eigenvalue weighted by atomic mass is 9.91. The van der Waals surface area contributed by atoms with E-state index >= 15 is 0 Å². The van der Waals surface area contributed by atoms with Crippen LogP contribution < -0.4 is 5.32 Å². The molecule has 2 unspecified atom stereocenters. The van der Waals surface area contributed by atoms with Crippen LogP contribution in [0.3, 0.4) is 0 Å². The molecular formula is C13H19ClFN. The summed E-state index contributed by atoms with van der Waals surface area (Å²) in [6.07, 6.45) is 2.29. The van der Waals surface area contributed by atoms with Gasteiger partial charge in [-0.15, -0.1) is 0 Å². The zero-order valence-electron chi connectivity index (χ0n) is 10.1. The maximum atomic E-state index is 13.1. The fraction of sp³-hybridized carbons (Fsp3) is 0.538. The van der Waals surface area contributed by atoms with Crippen LogP contribution >= 0.6 is 11.6 Å². The van der Waals surface area contributed by atoms with Crippen LogP contribution in [0.4, 0.5) is 4.39 Å². The molecule has 0 aliphatic carbocycles. The van der Waals surface area contributed by atoms with Crippen molar-refractivity contribution in [2.45, 2.75) is 32.7 Å². The summed E-state index contributed by atoms with van der Waals surface area (Å²) in [5, 5.41) is 3.46. The zero-order valence-corrected chi connectivity index (χ0v) is 10.8. The Morgan fingerprint density at radius 1 is 1.44 bits per heavy atom. The maximum absolute atomic E-state index is 13.1. The minimum atomic E-state index is -0.358. The molecule has 90 valence electrons. The Bertz CT molecular complexity index is 341. The molecule has 1 rings (SSSR count). The molecule has 0 saturated carbocycles. The molecule has 16 heavy (non-hydrogen) atoms. The smallest absolute Gasteiger partial charge is 0.141 e. The van der Waals surface area contributed by atoms with E-state index in [2.05, 4.69) is 19.2 Å². The van der Waals surface area contributed by atoms with Crippen LogP contribution in [0.15, 0.2) is 18.2 Å². The number of benzene rings is 1. The van der Waals surface area contributed by atoms with Gasteiger partial charge in [-0.2, -0.15) is 0 Å². The molecule has 0 aliphatic rings. The van der Waals surface area contributed by atoms with E-state index < -0.39 is 0 Å². The van der Waals surface area contributed by atoms with E-state index in [9.17, 15) is 4.39 Å². The monoisotopic (exact) mass is 243 g/mol. The third kappa shape index (κ3) is 3.19. The van der Waals surface area contributed by atoms with Crippen molar-refractivity contribution in [2.24, 2.45) is 5.92 Å². The Morgan fingerprint density at radius 3 is 2.62 bits per heavy atom. The highest BCUT2D eigenvalue weighted by Crippen LogP contribution is 2.28. The molecule has 0 aromatic heterocycles. The molecule has 0 radical (unpaired) electrons. The van der Waals surface area contributed by atoms with Crippen molar-refractivity contribution in [1.29, 1.82) is 0 Å². The average molecular weight is 244 g/mol. The summed E-state index contributed by atoms with van der Waals surface area (Å²) in [4.78, 5) is 0. The van der Waals surface area contributed by atoms with Gasteiger partial charge in [-0.1, -0.05) is 37.9 Å². The van der Waals surface area contributed by atoms with Gasteiger partial charge in [0.05, 0.1) is 5.02 Å². The van der Waals surface area contributed by atoms with Gasteiger partial charge in [0.1, 0.15) is 5.82 Å². The molecule has 3 heteroatoms. The molecule has 0 saturated heterocycles. The molecule has 0 aliphatic heterocycles. The molecule has 0 amide bonds. The first-order valence-corrected chi connectivity index (χ1v) is 6.10. The number of nitrogens with one attached hydrogen (secondary N) is 1. The van der Waals surface area contributed by atoms with E-state index in [-0.39, 0.29) is 16.9 Å². The Morgan fingerprint density at radius 2 is 2.12 bits per heavy atom. The van der Waals surface area contributed by atoms with E-state index in [0.717, 1.165) is 18.4 Å². The average Bonchev–Trinajstić information content (AvgIpc) is 2.25. The van der Waals surface area contributed by atoms with Crippen LogP contribution in [-0.2, 0) is 0 Å². The van der Waals surface area contributed by atoms with E-state index in [1.807, 2.05) is 7.05 Å². The summed E-state index contributed by atoms with van der Waals surface area (Å²) < 4.78 is 13.1. The lowest BCUT2D eigenvalue weighted by Crippen LogP contribution is -2.23. The molecule has 0 heterocycles. The normalized spacial score (nSPS) is 14.8. The van der Waals surface area contributed by atoms with Gasteiger partial charge >= 0.3 is 0 Å². The van der Waals surface area contributed by atoms with Crippen molar-refractivity contribution in [3.8, 4) is 0 Å². The highest BCUT2D eigenvalue weighted by Gasteiger charge is 2.17. The van der Waals surface area contributed by atoms with Gasteiger partial charge in [-0.3, -0.25) is 0 Å². The predicted octanol–water partition coefficient (Wildman–Crippen LogP) is 4.18. The molecule has 1 nitrogen and oxygen atoms in total. The van der Waals surface area contributed by atoms with Gasteiger partial charge in [0.25, 0.3) is 0 Å². The van der Waals surface area contributed by atoms with Crippen molar-refractivity contribution >= 4 is 11.6 Å². The third-order valence-corrected chi connectivity index (χ3v) is 3.22. The fourth-order valence-electron chi connectivity index (χ4n) is 2.11. The zero-order chi connectivity index (χ0) is 12.1.